The number of aryl methyl sites for hydroxylation is 2. The Morgan fingerprint density at radius 3 is 2.62 bits per heavy atom. The number of carbonyl (C=O) groups excluding carboxylic acids is 1. The van der Waals surface area contributed by atoms with Crippen molar-refractivity contribution in [2.75, 3.05) is 5.32 Å². The molecule has 0 spiro atoms. The lowest BCUT2D eigenvalue weighted by Crippen LogP contribution is -2.42. The van der Waals surface area contributed by atoms with Crippen molar-refractivity contribution in [1.29, 1.82) is 0 Å². The number of nitrogens with one attached hydrogen (secondary N) is 1. The van der Waals surface area contributed by atoms with E-state index in [0.29, 0.717) is 30.0 Å². The largest absolute Gasteiger partial charge is 0.333 e. The molecule has 0 fully saturated rings. The number of fused-ring (bicyclic) bond motifs is 1. The standard InChI is InChI=1S/C22H26N4O3/c1-14(2)9-11-25-21(28)17-6-5-10-23-20(17)26(22(25)29)13-19(27)24-18-12-15(3)7-8-16(18)4/h5-8,10,12,14H,9,11,13H2,1-4H3,(H,24,27). The van der Waals surface area contributed by atoms with Crippen LogP contribution >= 0.6 is 0 Å². The van der Waals surface area contributed by atoms with Crippen molar-refractivity contribution in [3.63, 3.8) is 0 Å². The Balaban J connectivity index is 2.01. The molecule has 2 aromatic heterocycles. The maximum atomic E-state index is 13.0. The topological polar surface area (TPSA) is 86.0 Å². The van der Waals surface area contributed by atoms with Crippen molar-refractivity contribution >= 4 is 22.6 Å². The van der Waals surface area contributed by atoms with Crippen LogP contribution in [0.3, 0.4) is 0 Å². The second kappa shape index (κ2) is 8.43. The van der Waals surface area contributed by atoms with E-state index in [2.05, 4.69) is 10.3 Å². The Labute approximate surface area is 169 Å². The van der Waals surface area contributed by atoms with E-state index in [1.54, 1.807) is 12.1 Å². The Kier molecular flexibility index (Phi) is 5.96. The van der Waals surface area contributed by atoms with Crippen molar-refractivity contribution in [3.05, 3.63) is 68.5 Å². The van der Waals surface area contributed by atoms with E-state index in [4.69, 9.17) is 0 Å². The molecule has 7 nitrogen and oxygen atoms in total. The molecule has 7 heteroatoms. The van der Waals surface area contributed by atoms with E-state index in [-0.39, 0.29) is 23.7 Å². The summed E-state index contributed by atoms with van der Waals surface area (Å²) in [7, 11) is 0. The summed E-state index contributed by atoms with van der Waals surface area (Å²) < 4.78 is 2.48. The highest BCUT2D eigenvalue weighted by molar-refractivity contribution is 5.92. The highest BCUT2D eigenvalue weighted by atomic mass is 16.2. The predicted octanol–water partition coefficient (Wildman–Crippen LogP) is 2.86. The molecule has 29 heavy (non-hydrogen) atoms. The average molecular weight is 394 g/mol. The minimum absolute atomic E-state index is 0.221. The fraction of sp³-hybridized carbons (Fsp3) is 0.364. The number of carbonyl (C=O) groups is 1. The molecule has 0 bridgehead atoms. The van der Waals surface area contributed by atoms with E-state index in [1.807, 2.05) is 45.9 Å². The van der Waals surface area contributed by atoms with Crippen molar-refractivity contribution in [1.82, 2.24) is 14.1 Å². The van der Waals surface area contributed by atoms with Gasteiger partial charge in [0.15, 0.2) is 0 Å². The maximum Gasteiger partial charge on any atom is 0.333 e. The third kappa shape index (κ3) is 4.45. The molecule has 0 aliphatic rings. The van der Waals surface area contributed by atoms with Gasteiger partial charge in [0.2, 0.25) is 5.91 Å². The highest BCUT2D eigenvalue weighted by Gasteiger charge is 2.17. The van der Waals surface area contributed by atoms with Crippen LogP contribution in [0, 0.1) is 19.8 Å². The van der Waals surface area contributed by atoms with Crippen LogP contribution in [0.25, 0.3) is 11.0 Å². The Morgan fingerprint density at radius 2 is 1.90 bits per heavy atom. The van der Waals surface area contributed by atoms with Crippen molar-refractivity contribution in [2.45, 2.75) is 47.2 Å². The van der Waals surface area contributed by atoms with Crippen molar-refractivity contribution in [3.8, 4) is 0 Å². The number of pyridine rings is 1. The van der Waals surface area contributed by atoms with E-state index in [9.17, 15) is 14.4 Å². The molecule has 0 saturated heterocycles. The summed E-state index contributed by atoms with van der Waals surface area (Å²) in [4.78, 5) is 42.7. The predicted molar refractivity (Wildman–Crippen MR) is 114 cm³/mol. The fourth-order valence-corrected chi connectivity index (χ4v) is 3.18. The summed E-state index contributed by atoms with van der Waals surface area (Å²) in [5, 5.41) is 3.19. The second-order valence-corrected chi connectivity index (χ2v) is 7.75. The van der Waals surface area contributed by atoms with Gasteiger partial charge in [0, 0.05) is 18.4 Å². The molecule has 0 saturated carbocycles. The molecule has 2 heterocycles. The molecule has 0 unspecified atom stereocenters. The maximum absolute atomic E-state index is 13.0. The van der Waals surface area contributed by atoms with Crippen LogP contribution < -0.4 is 16.6 Å². The van der Waals surface area contributed by atoms with Gasteiger partial charge in [-0.1, -0.05) is 26.0 Å². The van der Waals surface area contributed by atoms with Crippen LogP contribution in [-0.4, -0.2) is 20.0 Å². The van der Waals surface area contributed by atoms with Gasteiger partial charge < -0.3 is 5.32 Å². The zero-order valence-corrected chi connectivity index (χ0v) is 17.2. The molecule has 152 valence electrons. The van der Waals surface area contributed by atoms with Crippen LogP contribution in [0.15, 0.2) is 46.1 Å². The van der Waals surface area contributed by atoms with E-state index >= 15 is 0 Å². The van der Waals surface area contributed by atoms with E-state index < -0.39 is 5.69 Å². The zero-order chi connectivity index (χ0) is 21.1. The first-order valence-electron chi connectivity index (χ1n) is 9.73. The third-order valence-corrected chi connectivity index (χ3v) is 4.88. The summed E-state index contributed by atoms with van der Waals surface area (Å²) in [5.41, 5.74) is 1.99. The van der Waals surface area contributed by atoms with Gasteiger partial charge in [-0.25, -0.2) is 9.78 Å². The SMILES string of the molecule is Cc1ccc(C)c(NC(=O)Cn2c(=O)n(CCC(C)C)c(=O)c3cccnc32)c1. The number of aromatic nitrogens is 3. The minimum atomic E-state index is -0.516. The van der Waals surface area contributed by atoms with E-state index in [0.717, 1.165) is 11.1 Å². The number of hydrogen-bond donors (Lipinski definition) is 1. The normalized spacial score (nSPS) is 11.2. The first-order chi connectivity index (χ1) is 13.8. The molecule has 0 aliphatic carbocycles. The molecule has 1 amide bonds. The molecule has 3 rings (SSSR count). The molecule has 0 aliphatic heterocycles. The lowest BCUT2D eigenvalue weighted by Gasteiger charge is -2.15. The smallest absolute Gasteiger partial charge is 0.324 e. The summed E-state index contributed by atoms with van der Waals surface area (Å²) in [6.07, 6.45) is 2.20. The molecule has 1 aromatic carbocycles. The van der Waals surface area contributed by atoms with Crippen LogP contribution in [0.4, 0.5) is 5.69 Å². The number of rotatable bonds is 6. The van der Waals surface area contributed by atoms with Gasteiger partial charge >= 0.3 is 5.69 Å². The number of nitrogens with zero attached hydrogens (tertiary/aromatic N) is 3. The average Bonchev–Trinajstić information content (AvgIpc) is 2.67. The van der Waals surface area contributed by atoms with Crippen LogP contribution in [0.2, 0.25) is 0 Å². The van der Waals surface area contributed by atoms with Crippen LogP contribution in [-0.2, 0) is 17.9 Å². The van der Waals surface area contributed by atoms with Crippen LogP contribution in [0.1, 0.15) is 31.4 Å². The molecule has 3 aromatic rings. The number of hydrogen-bond acceptors (Lipinski definition) is 4. The lowest BCUT2D eigenvalue weighted by molar-refractivity contribution is -0.116. The fourth-order valence-electron chi connectivity index (χ4n) is 3.18. The second-order valence-electron chi connectivity index (χ2n) is 7.75. The molecule has 0 atom stereocenters. The quantitative estimate of drug-likeness (QED) is 0.697. The van der Waals surface area contributed by atoms with Crippen LogP contribution in [0.5, 0.6) is 0 Å². The lowest BCUT2D eigenvalue weighted by atomic mass is 10.1. The van der Waals surface area contributed by atoms with Gasteiger partial charge in [0.05, 0.1) is 5.39 Å². The summed E-state index contributed by atoms with van der Waals surface area (Å²) in [5.74, 6) is -0.00579. The summed E-state index contributed by atoms with van der Waals surface area (Å²) in [6.45, 7) is 8.00. The van der Waals surface area contributed by atoms with E-state index in [1.165, 1.54) is 15.3 Å². The number of anilines is 1. The number of benzene rings is 1. The summed E-state index contributed by atoms with van der Waals surface area (Å²) in [6, 6.07) is 9.07. The Hall–Kier alpha value is -3.22. The highest BCUT2D eigenvalue weighted by Crippen LogP contribution is 2.16. The summed E-state index contributed by atoms with van der Waals surface area (Å²) >= 11 is 0. The molecular weight excluding hydrogens is 368 g/mol. The Bertz CT molecular complexity index is 1170. The van der Waals surface area contributed by atoms with Gasteiger partial charge in [-0.3, -0.25) is 18.7 Å². The first kappa shape index (κ1) is 20.5. The molecule has 1 N–H and O–H groups in total. The van der Waals surface area contributed by atoms with Crippen molar-refractivity contribution < 1.29 is 4.79 Å². The minimum Gasteiger partial charge on any atom is -0.324 e. The van der Waals surface area contributed by atoms with Gasteiger partial charge in [-0.2, -0.15) is 0 Å². The molecular formula is C22H26N4O3. The van der Waals surface area contributed by atoms with Gasteiger partial charge in [-0.05, 0) is 55.5 Å². The molecule has 0 radical (unpaired) electrons. The monoisotopic (exact) mass is 394 g/mol. The van der Waals surface area contributed by atoms with Crippen molar-refractivity contribution in [2.24, 2.45) is 5.92 Å². The Morgan fingerprint density at radius 1 is 1.14 bits per heavy atom. The first-order valence-corrected chi connectivity index (χ1v) is 9.73. The van der Waals surface area contributed by atoms with Gasteiger partial charge in [-0.15, -0.1) is 0 Å². The zero-order valence-electron chi connectivity index (χ0n) is 17.2. The van der Waals surface area contributed by atoms with Gasteiger partial charge in [0.1, 0.15) is 12.2 Å². The number of amides is 1. The van der Waals surface area contributed by atoms with Gasteiger partial charge in [0.25, 0.3) is 5.56 Å². The third-order valence-electron chi connectivity index (χ3n) is 4.88.